The second kappa shape index (κ2) is 11.5. The Labute approximate surface area is 214 Å². The number of ether oxygens (including phenoxy) is 2. The quantitative estimate of drug-likeness (QED) is 0.402. The van der Waals surface area contributed by atoms with E-state index >= 15 is 0 Å². The number of amides is 1. The molecule has 0 spiro atoms. The Morgan fingerprint density at radius 2 is 1.56 bits per heavy atom. The minimum atomic E-state index is -4.08. The third-order valence-electron chi connectivity index (χ3n) is 6.05. The van der Waals surface area contributed by atoms with E-state index in [0.29, 0.717) is 17.9 Å². The molecule has 0 aliphatic rings. The summed E-state index contributed by atoms with van der Waals surface area (Å²) < 4.78 is 39.2. The molecule has 0 aliphatic carbocycles. The zero-order valence-electron chi connectivity index (χ0n) is 21.4. The van der Waals surface area contributed by atoms with Crippen molar-refractivity contribution >= 4 is 21.6 Å². The fourth-order valence-corrected chi connectivity index (χ4v) is 5.73. The molecule has 0 saturated heterocycles. The van der Waals surface area contributed by atoms with Gasteiger partial charge in [-0.3, -0.25) is 9.10 Å². The van der Waals surface area contributed by atoms with Crippen LogP contribution in [0.2, 0.25) is 0 Å². The highest BCUT2D eigenvalue weighted by Crippen LogP contribution is 2.35. The fourth-order valence-electron chi connectivity index (χ4n) is 4.29. The van der Waals surface area contributed by atoms with Crippen LogP contribution < -0.4 is 19.1 Å². The van der Waals surface area contributed by atoms with Gasteiger partial charge in [-0.2, -0.15) is 0 Å². The summed E-state index contributed by atoms with van der Waals surface area (Å²) in [7, 11) is -1.14. The molecule has 8 heteroatoms. The van der Waals surface area contributed by atoms with Crippen LogP contribution in [-0.4, -0.2) is 41.1 Å². The summed E-state index contributed by atoms with van der Waals surface area (Å²) in [5.74, 6) is 0.328. The number of sulfonamides is 1. The number of anilines is 1. The van der Waals surface area contributed by atoms with E-state index in [1.165, 1.54) is 31.9 Å². The molecule has 1 N–H and O–H groups in total. The molecular weight excluding hydrogens is 476 g/mol. The summed E-state index contributed by atoms with van der Waals surface area (Å²) in [6, 6.07) is 22.7. The van der Waals surface area contributed by atoms with Crippen molar-refractivity contribution in [1.29, 1.82) is 0 Å². The van der Waals surface area contributed by atoms with Gasteiger partial charge in [0.2, 0.25) is 5.91 Å². The molecule has 3 aromatic carbocycles. The highest BCUT2D eigenvalue weighted by Gasteiger charge is 2.31. The van der Waals surface area contributed by atoms with E-state index in [1.807, 2.05) is 25.1 Å². The van der Waals surface area contributed by atoms with Crippen molar-refractivity contribution < 1.29 is 22.7 Å². The Bertz CT molecular complexity index is 1260. The lowest BCUT2D eigenvalue weighted by Crippen LogP contribution is -2.45. The second-order valence-electron chi connectivity index (χ2n) is 9.29. The van der Waals surface area contributed by atoms with Crippen LogP contribution >= 0.6 is 0 Å². The third kappa shape index (κ3) is 6.37. The van der Waals surface area contributed by atoms with Gasteiger partial charge >= 0.3 is 0 Å². The maximum absolute atomic E-state index is 13.7. The summed E-state index contributed by atoms with van der Waals surface area (Å²) in [6.45, 7) is 5.75. The Morgan fingerprint density at radius 3 is 2.14 bits per heavy atom. The van der Waals surface area contributed by atoms with E-state index in [2.05, 4.69) is 31.3 Å². The molecule has 192 valence electrons. The van der Waals surface area contributed by atoms with Gasteiger partial charge in [0, 0.05) is 12.1 Å². The average molecular weight is 511 g/mol. The maximum atomic E-state index is 13.7. The van der Waals surface area contributed by atoms with Crippen molar-refractivity contribution in [3.63, 3.8) is 0 Å². The average Bonchev–Trinajstić information content (AvgIpc) is 2.87. The number of carbonyl (C=O) groups is 1. The largest absolute Gasteiger partial charge is 0.497 e. The second-order valence-corrected chi connectivity index (χ2v) is 11.1. The first kappa shape index (κ1) is 27.1. The third-order valence-corrected chi connectivity index (χ3v) is 7.83. The normalized spacial score (nSPS) is 12.5. The summed E-state index contributed by atoms with van der Waals surface area (Å²) >= 11 is 0. The van der Waals surface area contributed by atoms with Gasteiger partial charge in [-0.25, -0.2) is 8.42 Å². The van der Waals surface area contributed by atoms with Crippen molar-refractivity contribution in [2.75, 3.05) is 25.1 Å². The first-order valence-electron chi connectivity index (χ1n) is 11.7. The van der Waals surface area contributed by atoms with Gasteiger partial charge in [-0.05, 0) is 48.6 Å². The summed E-state index contributed by atoms with van der Waals surface area (Å²) in [6.07, 6.45) is 0.677. The molecule has 0 fully saturated rings. The fraction of sp³-hybridized carbons (Fsp3) is 0.321. The minimum Gasteiger partial charge on any atom is -0.497 e. The minimum absolute atomic E-state index is 0.0703. The Balaban J connectivity index is 1.89. The molecule has 0 aliphatic heterocycles. The summed E-state index contributed by atoms with van der Waals surface area (Å²) in [5, 5.41) is 2.98. The van der Waals surface area contributed by atoms with Crippen molar-refractivity contribution in [3.05, 3.63) is 84.4 Å². The zero-order valence-corrected chi connectivity index (χ0v) is 22.2. The van der Waals surface area contributed by atoms with E-state index in [4.69, 9.17) is 9.47 Å². The van der Waals surface area contributed by atoms with Crippen LogP contribution in [0.4, 0.5) is 5.69 Å². The van der Waals surface area contributed by atoms with E-state index in [0.717, 1.165) is 4.31 Å². The van der Waals surface area contributed by atoms with Crippen LogP contribution in [0.15, 0.2) is 83.8 Å². The van der Waals surface area contributed by atoms with E-state index in [9.17, 15) is 13.2 Å². The Morgan fingerprint density at radius 1 is 0.944 bits per heavy atom. The predicted molar refractivity (Wildman–Crippen MR) is 142 cm³/mol. The number of hydrogen-bond donors (Lipinski definition) is 1. The number of benzene rings is 3. The van der Waals surface area contributed by atoms with Gasteiger partial charge in [0.25, 0.3) is 10.0 Å². The molecule has 0 saturated carbocycles. The monoisotopic (exact) mass is 510 g/mol. The number of nitrogens with zero attached hydrogens (tertiary/aromatic N) is 1. The lowest BCUT2D eigenvalue weighted by Gasteiger charge is -2.30. The van der Waals surface area contributed by atoms with Gasteiger partial charge in [0.15, 0.2) is 0 Å². The summed E-state index contributed by atoms with van der Waals surface area (Å²) in [4.78, 5) is 13.3. The molecule has 3 rings (SSSR count). The van der Waals surface area contributed by atoms with E-state index < -0.39 is 22.5 Å². The van der Waals surface area contributed by atoms with Gasteiger partial charge in [-0.1, -0.05) is 62.4 Å². The van der Waals surface area contributed by atoms with Crippen LogP contribution in [0.1, 0.15) is 32.8 Å². The molecule has 7 nitrogen and oxygen atoms in total. The lowest BCUT2D eigenvalue weighted by molar-refractivity contribution is -0.120. The predicted octanol–water partition coefficient (Wildman–Crippen LogP) is 4.77. The Hall–Kier alpha value is -3.52. The zero-order chi connectivity index (χ0) is 26.3. The van der Waals surface area contributed by atoms with Crippen LogP contribution in [0, 0.1) is 0 Å². The van der Waals surface area contributed by atoms with Gasteiger partial charge < -0.3 is 14.8 Å². The van der Waals surface area contributed by atoms with Gasteiger partial charge in [-0.15, -0.1) is 0 Å². The van der Waals surface area contributed by atoms with Gasteiger partial charge in [0.05, 0.1) is 24.8 Å². The number of rotatable bonds is 11. The van der Waals surface area contributed by atoms with Crippen LogP contribution in [0.3, 0.4) is 0 Å². The lowest BCUT2D eigenvalue weighted by atomic mass is 9.79. The number of nitrogens with one attached hydrogen (secondary N) is 1. The molecule has 1 atom stereocenters. The van der Waals surface area contributed by atoms with Gasteiger partial charge in [0.1, 0.15) is 18.0 Å². The molecule has 3 aromatic rings. The van der Waals surface area contributed by atoms with Crippen molar-refractivity contribution in [2.45, 2.75) is 43.5 Å². The SMILES string of the molecule is COc1ccc(OC)c(N(CC(=O)NC(C)CC(C)(C)c2ccccc2)S(=O)(=O)c2ccccc2)c1. The topological polar surface area (TPSA) is 84.9 Å². The molecule has 0 heterocycles. The maximum Gasteiger partial charge on any atom is 0.264 e. The number of hydrogen-bond acceptors (Lipinski definition) is 5. The smallest absolute Gasteiger partial charge is 0.264 e. The van der Waals surface area contributed by atoms with Crippen molar-refractivity contribution in [1.82, 2.24) is 5.32 Å². The molecule has 1 unspecified atom stereocenters. The van der Waals surface area contributed by atoms with Crippen LogP contribution in [-0.2, 0) is 20.2 Å². The number of methoxy groups -OCH3 is 2. The molecule has 1 amide bonds. The highest BCUT2D eigenvalue weighted by atomic mass is 32.2. The number of carbonyl (C=O) groups excluding carboxylic acids is 1. The van der Waals surface area contributed by atoms with E-state index in [1.54, 1.807) is 36.4 Å². The molecule has 0 radical (unpaired) electrons. The molecule has 36 heavy (non-hydrogen) atoms. The molecular formula is C28H34N2O5S. The standard InChI is InChI=1S/C28H34N2O5S/c1-21(19-28(2,3)22-12-8-6-9-13-22)29-27(31)20-30(36(32,33)24-14-10-7-11-15-24)25-18-23(34-4)16-17-26(25)35-5/h6-18,21H,19-20H2,1-5H3,(H,29,31). The molecule has 0 aromatic heterocycles. The highest BCUT2D eigenvalue weighted by molar-refractivity contribution is 7.92. The van der Waals surface area contributed by atoms with E-state index in [-0.39, 0.29) is 22.0 Å². The Kier molecular flexibility index (Phi) is 8.63. The van der Waals surface area contributed by atoms with Crippen LogP contribution in [0.5, 0.6) is 11.5 Å². The summed E-state index contributed by atoms with van der Waals surface area (Å²) in [5.41, 5.74) is 1.20. The van der Waals surface area contributed by atoms with Crippen molar-refractivity contribution in [3.8, 4) is 11.5 Å². The molecule has 0 bridgehead atoms. The van der Waals surface area contributed by atoms with Crippen LogP contribution in [0.25, 0.3) is 0 Å². The first-order valence-corrected chi connectivity index (χ1v) is 13.2. The van der Waals surface area contributed by atoms with Crippen molar-refractivity contribution in [2.24, 2.45) is 0 Å². The first-order chi connectivity index (χ1) is 17.1.